The zero-order chi connectivity index (χ0) is 12.1. The van der Waals surface area contributed by atoms with Gasteiger partial charge in [0.05, 0.1) is 0 Å². The average Bonchev–Trinajstić information content (AvgIpc) is 2.37. The van der Waals surface area contributed by atoms with Crippen LogP contribution in [0.1, 0.15) is 12.5 Å². The predicted octanol–water partition coefficient (Wildman–Crippen LogP) is 3.60. The van der Waals surface area contributed by atoms with Gasteiger partial charge in [0, 0.05) is 12.1 Å². The fourth-order valence-corrected chi connectivity index (χ4v) is 1.88. The zero-order valence-corrected chi connectivity index (χ0v) is 9.91. The highest BCUT2D eigenvalue weighted by Crippen LogP contribution is 2.25. The van der Waals surface area contributed by atoms with Crippen molar-refractivity contribution in [2.24, 2.45) is 0 Å². The van der Waals surface area contributed by atoms with Crippen molar-refractivity contribution < 1.29 is 4.39 Å². The summed E-state index contributed by atoms with van der Waals surface area (Å²) in [6.07, 6.45) is 0. The highest BCUT2D eigenvalue weighted by molar-refractivity contribution is 5.67. The van der Waals surface area contributed by atoms with Crippen molar-refractivity contribution in [1.82, 2.24) is 5.32 Å². The quantitative estimate of drug-likeness (QED) is 0.844. The number of hydrogen-bond donors (Lipinski definition) is 1. The van der Waals surface area contributed by atoms with Gasteiger partial charge in [-0.3, -0.25) is 0 Å². The topological polar surface area (TPSA) is 12.0 Å². The maximum Gasteiger partial charge on any atom is 0.131 e. The Labute approximate surface area is 101 Å². The van der Waals surface area contributed by atoms with E-state index >= 15 is 0 Å². The van der Waals surface area contributed by atoms with Gasteiger partial charge in [0.1, 0.15) is 5.82 Å². The molecule has 1 nitrogen and oxygen atoms in total. The lowest BCUT2D eigenvalue weighted by Gasteiger charge is -2.10. The summed E-state index contributed by atoms with van der Waals surface area (Å²) >= 11 is 0. The first kappa shape index (κ1) is 11.8. The van der Waals surface area contributed by atoms with Gasteiger partial charge in [-0.25, -0.2) is 4.39 Å². The minimum atomic E-state index is -0.170. The van der Waals surface area contributed by atoms with Crippen molar-refractivity contribution in [3.05, 3.63) is 59.9 Å². The Morgan fingerprint density at radius 1 is 0.941 bits per heavy atom. The molecule has 0 amide bonds. The third kappa shape index (κ3) is 2.71. The normalized spacial score (nSPS) is 10.5. The molecule has 0 saturated heterocycles. The lowest BCUT2D eigenvalue weighted by Crippen LogP contribution is -2.12. The fraction of sp³-hybridized carbons (Fsp3) is 0.200. The molecule has 17 heavy (non-hydrogen) atoms. The summed E-state index contributed by atoms with van der Waals surface area (Å²) in [5.74, 6) is -0.170. The molecule has 0 saturated carbocycles. The van der Waals surface area contributed by atoms with Crippen LogP contribution in [0, 0.1) is 5.82 Å². The summed E-state index contributed by atoms with van der Waals surface area (Å²) in [6, 6.07) is 14.8. The van der Waals surface area contributed by atoms with Gasteiger partial charge < -0.3 is 5.32 Å². The second-order valence-electron chi connectivity index (χ2n) is 3.92. The highest BCUT2D eigenvalue weighted by Gasteiger charge is 2.07. The number of benzene rings is 2. The van der Waals surface area contributed by atoms with E-state index in [1.807, 2.05) is 36.4 Å². The SMILES string of the molecule is CCNCc1ccccc1-c1ccccc1F. The molecule has 2 rings (SSSR count). The lowest BCUT2D eigenvalue weighted by molar-refractivity contribution is 0.630. The molecule has 0 heterocycles. The summed E-state index contributed by atoms with van der Waals surface area (Å²) in [4.78, 5) is 0. The van der Waals surface area contributed by atoms with Crippen molar-refractivity contribution in [2.75, 3.05) is 6.54 Å². The van der Waals surface area contributed by atoms with E-state index in [9.17, 15) is 4.39 Å². The van der Waals surface area contributed by atoms with Crippen LogP contribution in [0.5, 0.6) is 0 Å². The van der Waals surface area contributed by atoms with Crippen molar-refractivity contribution in [2.45, 2.75) is 13.5 Å². The van der Waals surface area contributed by atoms with Crippen LogP contribution in [0.15, 0.2) is 48.5 Å². The van der Waals surface area contributed by atoms with Gasteiger partial charge in [-0.1, -0.05) is 49.4 Å². The summed E-state index contributed by atoms with van der Waals surface area (Å²) in [5.41, 5.74) is 2.76. The van der Waals surface area contributed by atoms with Gasteiger partial charge in [0.25, 0.3) is 0 Å². The summed E-state index contributed by atoms with van der Waals surface area (Å²) in [6.45, 7) is 3.73. The van der Waals surface area contributed by atoms with Gasteiger partial charge in [0.15, 0.2) is 0 Å². The molecular formula is C15H16FN. The molecule has 0 radical (unpaired) electrons. The van der Waals surface area contributed by atoms with Gasteiger partial charge in [-0.15, -0.1) is 0 Å². The lowest BCUT2D eigenvalue weighted by atomic mass is 9.99. The molecule has 2 aromatic rings. The Morgan fingerprint density at radius 3 is 2.29 bits per heavy atom. The number of rotatable bonds is 4. The largest absolute Gasteiger partial charge is 0.313 e. The van der Waals surface area contributed by atoms with Crippen LogP contribution in [0.25, 0.3) is 11.1 Å². The molecule has 1 N–H and O–H groups in total. The second-order valence-corrected chi connectivity index (χ2v) is 3.92. The molecular weight excluding hydrogens is 213 g/mol. The van der Waals surface area contributed by atoms with Crippen LogP contribution in [0.4, 0.5) is 4.39 Å². The van der Waals surface area contributed by atoms with Crippen LogP contribution in [0.2, 0.25) is 0 Å². The molecule has 0 fully saturated rings. The van der Waals surface area contributed by atoms with Gasteiger partial charge in [-0.2, -0.15) is 0 Å². The Kier molecular flexibility index (Phi) is 3.89. The predicted molar refractivity (Wildman–Crippen MR) is 69.2 cm³/mol. The molecule has 2 aromatic carbocycles. The van der Waals surface area contributed by atoms with Crippen molar-refractivity contribution >= 4 is 0 Å². The molecule has 0 aromatic heterocycles. The van der Waals surface area contributed by atoms with E-state index in [0.29, 0.717) is 5.56 Å². The molecule has 0 aliphatic heterocycles. The summed E-state index contributed by atoms with van der Waals surface area (Å²) < 4.78 is 13.8. The first-order chi connectivity index (χ1) is 8.33. The van der Waals surface area contributed by atoms with Crippen molar-refractivity contribution in [1.29, 1.82) is 0 Å². The molecule has 0 aliphatic rings. The van der Waals surface area contributed by atoms with Crippen molar-refractivity contribution in [3.8, 4) is 11.1 Å². The first-order valence-corrected chi connectivity index (χ1v) is 5.86. The van der Waals surface area contributed by atoms with E-state index < -0.39 is 0 Å². The van der Waals surface area contributed by atoms with Crippen LogP contribution < -0.4 is 5.32 Å². The Balaban J connectivity index is 2.41. The Morgan fingerprint density at radius 2 is 1.59 bits per heavy atom. The van der Waals surface area contributed by atoms with E-state index in [2.05, 4.69) is 12.2 Å². The molecule has 88 valence electrons. The second kappa shape index (κ2) is 5.60. The molecule has 0 spiro atoms. The van der Waals surface area contributed by atoms with Crippen LogP contribution >= 0.6 is 0 Å². The molecule has 0 unspecified atom stereocenters. The van der Waals surface area contributed by atoms with E-state index in [4.69, 9.17) is 0 Å². The Hall–Kier alpha value is -1.67. The van der Waals surface area contributed by atoms with Gasteiger partial charge in [-0.05, 0) is 23.7 Å². The van der Waals surface area contributed by atoms with Crippen LogP contribution in [-0.2, 0) is 6.54 Å². The van der Waals surface area contributed by atoms with Crippen molar-refractivity contribution in [3.63, 3.8) is 0 Å². The van der Waals surface area contributed by atoms with E-state index in [1.165, 1.54) is 6.07 Å². The summed E-state index contributed by atoms with van der Waals surface area (Å²) in [7, 11) is 0. The van der Waals surface area contributed by atoms with Gasteiger partial charge in [0.2, 0.25) is 0 Å². The average molecular weight is 229 g/mol. The minimum absolute atomic E-state index is 0.170. The summed E-state index contributed by atoms with van der Waals surface area (Å²) in [5, 5.41) is 3.27. The van der Waals surface area contributed by atoms with E-state index in [0.717, 1.165) is 24.2 Å². The van der Waals surface area contributed by atoms with E-state index in [1.54, 1.807) is 6.07 Å². The monoisotopic (exact) mass is 229 g/mol. The molecule has 0 atom stereocenters. The zero-order valence-electron chi connectivity index (χ0n) is 9.91. The van der Waals surface area contributed by atoms with Gasteiger partial charge >= 0.3 is 0 Å². The van der Waals surface area contributed by atoms with Crippen LogP contribution in [0.3, 0.4) is 0 Å². The highest BCUT2D eigenvalue weighted by atomic mass is 19.1. The number of hydrogen-bond acceptors (Lipinski definition) is 1. The fourth-order valence-electron chi connectivity index (χ4n) is 1.88. The smallest absolute Gasteiger partial charge is 0.131 e. The third-order valence-electron chi connectivity index (χ3n) is 2.75. The minimum Gasteiger partial charge on any atom is -0.313 e. The maximum absolute atomic E-state index is 13.8. The molecule has 2 heteroatoms. The standard InChI is InChI=1S/C15H16FN/c1-2-17-11-12-7-3-4-8-13(12)14-9-5-6-10-15(14)16/h3-10,17H,2,11H2,1H3. The molecule has 0 bridgehead atoms. The van der Waals surface area contributed by atoms with E-state index in [-0.39, 0.29) is 5.82 Å². The third-order valence-corrected chi connectivity index (χ3v) is 2.75. The Bertz CT molecular complexity index is 494. The molecule has 0 aliphatic carbocycles. The first-order valence-electron chi connectivity index (χ1n) is 5.86. The maximum atomic E-state index is 13.8. The number of halogens is 1. The number of nitrogens with one attached hydrogen (secondary N) is 1. The van der Waals surface area contributed by atoms with Crippen LogP contribution in [-0.4, -0.2) is 6.54 Å².